The molecule has 3 heteroatoms. The van der Waals surface area contributed by atoms with Gasteiger partial charge in [0.25, 0.3) is 5.91 Å². The fraction of sp³-hybridized carbons (Fsp3) is 0.857. The Morgan fingerprint density at radius 3 is 3.00 bits per heavy atom. The van der Waals surface area contributed by atoms with Crippen LogP contribution in [-0.4, -0.2) is 37.1 Å². The quantitative estimate of drug-likeness (QED) is 0.526. The Morgan fingerprint density at radius 1 is 1.80 bits per heavy atom. The van der Waals surface area contributed by atoms with Gasteiger partial charge in [-0.25, -0.2) is 0 Å². The minimum absolute atomic E-state index is 0.119. The van der Waals surface area contributed by atoms with Crippen molar-refractivity contribution in [2.24, 2.45) is 0 Å². The number of likely N-dealkylation sites (N-methyl/N-ethyl adjacent to an activating group) is 1. The number of amides is 1. The molecular weight excluding hydrogens is 130 g/mol. The predicted molar refractivity (Wildman–Crippen MR) is 37.7 cm³/mol. The molecule has 3 nitrogen and oxygen atoms in total. The Bertz CT molecular complexity index is 136. The van der Waals surface area contributed by atoms with Crippen LogP contribution < -0.4 is 0 Å². The maximum atomic E-state index is 11.2. The maximum absolute atomic E-state index is 11.2. The molecule has 0 aliphatic carbocycles. The number of hydrogen-bond donors (Lipinski definition) is 0. The molecule has 1 aliphatic heterocycles. The highest BCUT2D eigenvalue weighted by Crippen LogP contribution is 2.07. The highest BCUT2D eigenvalue weighted by atomic mass is 16.5. The average molecular weight is 143 g/mol. The summed E-state index contributed by atoms with van der Waals surface area (Å²) in [5, 5.41) is 0. The van der Waals surface area contributed by atoms with Gasteiger partial charge < -0.3 is 9.64 Å². The van der Waals surface area contributed by atoms with E-state index in [2.05, 4.69) is 0 Å². The standard InChI is InChI=1S/C7H13NO2/c1-3-6-7(9)8(2)4-5-10-6/h6H,3-5H2,1-2H3. The summed E-state index contributed by atoms with van der Waals surface area (Å²) >= 11 is 0. The molecule has 1 fully saturated rings. The van der Waals surface area contributed by atoms with Gasteiger partial charge in [-0.3, -0.25) is 4.79 Å². The number of carbonyl (C=O) groups is 1. The molecule has 58 valence electrons. The van der Waals surface area contributed by atoms with E-state index in [9.17, 15) is 4.79 Å². The molecule has 0 bridgehead atoms. The Labute approximate surface area is 61.0 Å². The molecule has 1 amide bonds. The van der Waals surface area contributed by atoms with E-state index in [-0.39, 0.29) is 12.0 Å². The van der Waals surface area contributed by atoms with Gasteiger partial charge in [-0.05, 0) is 6.42 Å². The van der Waals surface area contributed by atoms with Crippen LogP contribution in [0.2, 0.25) is 0 Å². The van der Waals surface area contributed by atoms with Crippen molar-refractivity contribution >= 4 is 5.91 Å². The first-order chi connectivity index (χ1) is 4.75. The average Bonchev–Trinajstić information content (AvgIpc) is 1.95. The van der Waals surface area contributed by atoms with Crippen LogP contribution >= 0.6 is 0 Å². The summed E-state index contributed by atoms with van der Waals surface area (Å²) in [5.41, 5.74) is 0. The van der Waals surface area contributed by atoms with Gasteiger partial charge in [0.15, 0.2) is 0 Å². The van der Waals surface area contributed by atoms with Gasteiger partial charge >= 0.3 is 0 Å². The van der Waals surface area contributed by atoms with E-state index in [1.54, 1.807) is 4.90 Å². The smallest absolute Gasteiger partial charge is 0.251 e. The van der Waals surface area contributed by atoms with E-state index in [0.717, 1.165) is 13.0 Å². The van der Waals surface area contributed by atoms with Crippen molar-refractivity contribution < 1.29 is 9.53 Å². The summed E-state index contributed by atoms with van der Waals surface area (Å²) in [7, 11) is 1.81. The summed E-state index contributed by atoms with van der Waals surface area (Å²) in [6, 6.07) is 0. The van der Waals surface area contributed by atoms with Crippen LogP contribution in [0.4, 0.5) is 0 Å². The maximum Gasteiger partial charge on any atom is 0.251 e. The molecule has 10 heavy (non-hydrogen) atoms. The molecule has 0 aromatic rings. The van der Waals surface area contributed by atoms with Crippen molar-refractivity contribution in [3.8, 4) is 0 Å². The topological polar surface area (TPSA) is 29.5 Å². The zero-order chi connectivity index (χ0) is 7.56. The van der Waals surface area contributed by atoms with E-state index in [1.165, 1.54) is 0 Å². The molecule has 0 saturated carbocycles. The van der Waals surface area contributed by atoms with Crippen molar-refractivity contribution in [1.29, 1.82) is 0 Å². The zero-order valence-corrected chi connectivity index (χ0v) is 6.46. The molecule has 0 aromatic carbocycles. The lowest BCUT2D eigenvalue weighted by Crippen LogP contribution is -2.45. The molecule has 0 spiro atoms. The minimum atomic E-state index is -0.182. The van der Waals surface area contributed by atoms with Crippen molar-refractivity contribution in [2.75, 3.05) is 20.2 Å². The molecule has 0 N–H and O–H groups in total. The molecule has 1 unspecified atom stereocenters. The van der Waals surface area contributed by atoms with Gasteiger partial charge in [0.2, 0.25) is 0 Å². The first kappa shape index (κ1) is 7.54. The number of nitrogens with zero attached hydrogens (tertiary/aromatic N) is 1. The normalized spacial score (nSPS) is 27.2. The van der Waals surface area contributed by atoms with E-state index in [0.29, 0.717) is 6.61 Å². The van der Waals surface area contributed by atoms with Gasteiger partial charge in [-0.15, -0.1) is 0 Å². The van der Waals surface area contributed by atoms with Crippen LogP contribution in [0.25, 0.3) is 0 Å². The van der Waals surface area contributed by atoms with E-state index in [4.69, 9.17) is 4.74 Å². The van der Waals surface area contributed by atoms with Crippen LogP contribution in [0, 0.1) is 0 Å². The summed E-state index contributed by atoms with van der Waals surface area (Å²) in [5.74, 6) is 0.119. The lowest BCUT2D eigenvalue weighted by Gasteiger charge is -2.28. The molecule has 1 rings (SSSR count). The second kappa shape index (κ2) is 3.01. The van der Waals surface area contributed by atoms with Crippen LogP contribution in [-0.2, 0) is 9.53 Å². The highest BCUT2D eigenvalue weighted by Gasteiger charge is 2.24. The van der Waals surface area contributed by atoms with Crippen LogP contribution in [0.1, 0.15) is 13.3 Å². The molecule has 0 aromatic heterocycles. The third kappa shape index (κ3) is 1.29. The number of ether oxygens (including phenoxy) is 1. The second-order valence-electron chi connectivity index (χ2n) is 2.53. The largest absolute Gasteiger partial charge is 0.367 e. The Morgan fingerprint density at radius 2 is 2.50 bits per heavy atom. The first-order valence-corrected chi connectivity index (χ1v) is 3.62. The van der Waals surface area contributed by atoms with Gasteiger partial charge in [0.1, 0.15) is 6.10 Å². The summed E-state index contributed by atoms with van der Waals surface area (Å²) in [6.45, 7) is 3.37. The molecule has 1 heterocycles. The summed E-state index contributed by atoms with van der Waals surface area (Å²) in [4.78, 5) is 12.9. The SMILES string of the molecule is CCC1OCCN(C)C1=O. The number of carbonyl (C=O) groups excluding carboxylic acids is 1. The van der Waals surface area contributed by atoms with Crippen molar-refractivity contribution in [3.63, 3.8) is 0 Å². The van der Waals surface area contributed by atoms with Crippen molar-refractivity contribution in [1.82, 2.24) is 4.90 Å². The monoisotopic (exact) mass is 143 g/mol. The number of morpholine rings is 1. The first-order valence-electron chi connectivity index (χ1n) is 3.62. The van der Waals surface area contributed by atoms with Crippen molar-refractivity contribution in [2.45, 2.75) is 19.4 Å². The van der Waals surface area contributed by atoms with Crippen LogP contribution in [0.5, 0.6) is 0 Å². The minimum Gasteiger partial charge on any atom is -0.367 e. The van der Waals surface area contributed by atoms with E-state index < -0.39 is 0 Å². The Kier molecular flexibility index (Phi) is 2.27. The van der Waals surface area contributed by atoms with Gasteiger partial charge in [-0.1, -0.05) is 6.92 Å². The van der Waals surface area contributed by atoms with Crippen molar-refractivity contribution in [3.05, 3.63) is 0 Å². The second-order valence-corrected chi connectivity index (χ2v) is 2.53. The van der Waals surface area contributed by atoms with Crippen LogP contribution in [0.15, 0.2) is 0 Å². The lowest BCUT2D eigenvalue weighted by atomic mass is 10.2. The molecule has 1 aliphatic rings. The molecular formula is C7H13NO2. The summed E-state index contributed by atoms with van der Waals surface area (Å²) in [6.07, 6.45) is 0.599. The zero-order valence-electron chi connectivity index (χ0n) is 6.46. The molecule has 0 radical (unpaired) electrons. The van der Waals surface area contributed by atoms with Crippen LogP contribution in [0.3, 0.4) is 0 Å². The Hall–Kier alpha value is -0.570. The fourth-order valence-electron chi connectivity index (χ4n) is 1.05. The van der Waals surface area contributed by atoms with Gasteiger partial charge in [-0.2, -0.15) is 0 Å². The summed E-state index contributed by atoms with van der Waals surface area (Å²) < 4.78 is 5.22. The molecule has 1 saturated heterocycles. The van der Waals surface area contributed by atoms with E-state index >= 15 is 0 Å². The number of rotatable bonds is 1. The number of hydrogen-bond acceptors (Lipinski definition) is 2. The van der Waals surface area contributed by atoms with E-state index in [1.807, 2.05) is 14.0 Å². The molecule has 1 atom stereocenters. The fourth-order valence-corrected chi connectivity index (χ4v) is 1.05. The lowest BCUT2D eigenvalue weighted by molar-refractivity contribution is -0.150. The van der Waals surface area contributed by atoms with Gasteiger partial charge in [0.05, 0.1) is 6.61 Å². The third-order valence-corrected chi connectivity index (χ3v) is 1.77. The highest BCUT2D eigenvalue weighted by molar-refractivity contribution is 5.81. The third-order valence-electron chi connectivity index (χ3n) is 1.77. The predicted octanol–water partition coefficient (Wildman–Crippen LogP) is 0.254. The Balaban J connectivity index is 2.51. The van der Waals surface area contributed by atoms with Gasteiger partial charge in [0, 0.05) is 13.6 Å².